The lowest BCUT2D eigenvalue weighted by molar-refractivity contribution is 0.100. The lowest BCUT2D eigenvalue weighted by Gasteiger charge is -2.16. The molecule has 13 heteroatoms. The minimum absolute atomic E-state index is 0.0303. The zero-order valence-corrected chi connectivity index (χ0v) is 31.1. The first-order valence-corrected chi connectivity index (χ1v) is 19.7. The number of aliphatic hydroxyl groups is 1. The van der Waals surface area contributed by atoms with Crippen molar-refractivity contribution in [3.05, 3.63) is 93.9 Å². The second kappa shape index (κ2) is 18.2. The number of rotatable bonds is 20. The number of pyridine rings is 2. The Bertz CT molecular complexity index is 2220. The summed E-state index contributed by atoms with van der Waals surface area (Å²) >= 11 is 0. The Morgan fingerprint density at radius 3 is 2.38 bits per heavy atom. The van der Waals surface area contributed by atoms with E-state index in [1.807, 2.05) is 6.07 Å². The molecule has 0 aliphatic carbocycles. The first-order valence-electron chi connectivity index (χ1n) is 18.1. The van der Waals surface area contributed by atoms with Crippen molar-refractivity contribution in [1.29, 1.82) is 0 Å². The van der Waals surface area contributed by atoms with Gasteiger partial charge in [-0.15, -0.1) is 0 Å². The number of nitrogens with one attached hydrogen (secondary N) is 3. The van der Waals surface area contributed by atoms with Gasteiger partial charge in [-0.1, -0.05) is 57.1 Å². The number of aryl methyl sites for hydroxylation is 1. The van der Waals surface area contributed by atoms with E-state index in [0.717, 1.165) is 57.9 Å². The van der Waals surface area contributed by atoms with Crippen LogP contribution in [-0.2, 0) is 9.84 Å². The number of aliphatic hydroxyl groups excluding tert-OH is 1. The van der Waals surface area contributed by atoms with Gasteiger partial charge < -0.3 is 36.3 Å². The molecular weight excluding hydrogens is 695 g/mol. The number of unbranched alkanes of at least 4 members (excludes halogenated alkanes) is 8. The third-order valence-electron chi connectivity index (χ3n) is 9.47. The van der Waals surface area contributed by atoms with Gasteiger partial charge in [0.25, 0.3) is 5.91 Å². The molecule has 1 unspecified atom stereocenters. The molecule has 1 atom stereocenters. The molecule has 0 saturated heterocycles. The fourth-order valence-electron chi connectivity index (χ4n) is 6.59. The number of aromatic hydroxyl groups is 1. The molecule has 0 saturated carbocycles. The van der Waals surface area contributed by atoms with Gasteiger partial charge in [0.05, 0.1) is 46.1 Å². The Balaban J connectivity index is 1.02. The maximum Gasteiger partial charge on any atom is 0.252 e. The lowest BCUT2D eigenvalue weighted by atomic mass is 10.0. The van der Waals surface area contributed by atoms with Gasteiger partial charge in [-0.05, 0) is 73.8 Å². The molecule has 5 aromatic rings. The summed E-state index contributed by atoms with van der Waals surface area (Å²) in [6.07, 6.45) is 9.40. The minimum Gasteiger partial charge on any atom is -0.506 e. The molecule has 2 heterocycles. The van der Waals surface area contributed by atoms with Gasteiger partial charge >= 0.3 is 0 Å². The Kier molecular flexibility index (Phi) is 13.5. The summed E-state index contributed by atoms with van der Waals surface area (Å²) in [4.78, 5) is 31.3. The summed E-state index contributed by atoms with van der Waals surface area (Å²) in [6, 6.07) is 16.6. The zero-order valence-electron chi connectivity index (χ0n) is 30.3. The molecular formula is C40H49N5O7S. The number of phenols is 1. The number of aromatic nitrogens is 2. The highest BCUT2D eigenvalue weighted by atomic mass is 32.2. The van der Waals surface area contributed by atoms with E-state index in [4.69, 9.17) is 10.5 Å². The molecule has 2 aromatic heterocycles. The maximum atomic E-state index is 13.5. The average molecular weight is 744 g/mol. The van der Waals surface area contributed by atoms with Gasteiger partial charge in [-0.3, -0.25) is 14.6 Å². The topological polar surface area (TPSA) is 197 Å². The van der Waals surface area contributed by atoms with Gasteiger partial charge in [-0.25, -0.2) is 8.42 Å². The molecule has 3 aromatic carbocycles. The molecule has 7 N–H and O–H groups in total. The van der Waals surface area contributed by atoms with Crippen LogP contribution in [0, 0.1) is 6.92 Å². The zero-order chi connectivity index (χ0) is 38.0. The van der Waals surface area contributed by atoms with E-state index >= 15 is 0 Å². The number of hydrogen-bond donors (Lipinski definition) is 6. The number of fused-ring (bicyclic) bond motifs is 2. The van der Waals surface area contributed by atoms with Crippen LogP contribution in [-0.4, -0.2) is 60.5 Å². The lowest BCUT2D eigenvalue weighted by Crippen LogP contribution is -2.22. The molecule has 12 nitrogen and oxygen atoms in total. The van der Waals surface area contributed by atoms with Crippen LogP contribution >= 0.6 is 0 Å². The number of aromatic amines is 1. The van der Waals surface area contributed by atoms with E-state index in [1.54, 1.807) is 56.5 Å². The van der Waals surface area contributed by atoms with Gasteiger partial charge in [-0.2, -0.15) is 0 Å². The van der Waals surface area contributed by atoms with Gasteiger partial charge in [0.2, 0.25) is 5.56 Å². The van der Waals surface area contributed by atoms with E-state index in [1.165, 1.54) is 18.3 Å². The number of ether oxygens (including phenoxy) is 1. The number of amides is 1. The first kappa shape index (κ1) is 39.2. The Morgan fingerprint density at radius 2 is 1.66 bits per heavy atom. The van der Waals surface area contributed by atoms with Crippen molar-refractivity contribution in [2.75, 3.05) is 31.3 Å². The average Bonchev–Trinajstić information content (AvgIpc) is 3.13. The van der Waals surface area contributed by atoms with E-state index in [2.05, 4.69) is 20.6 Å². The van der Waals surface area contributed by atoms with E-state index in [-0.39, 0.29) is 27.5 Å². The highest BCUT2D eigenvalue weighted by Gasteiger charge is 2.21. The quantitative estimate of drug-likeness (QED) is 0.0476. The smallest absolute Gasteiger partial charge is 0.252 e. The third-order valence-corrected chi connectivity index (χ3v) is 11.2. The molecule has 0 aliphatic rings. The minimum atomic E-state index is -3.59. The molecule has 0 radical (unpaired) electrons. The van der Waals surface area contributed by atoms with Crippen molar-refractivity contribution < 1.29 is 28.2 Å². The number of methoxy groups -OCH3 is 1. The van der Waals surface area contributed by atoms with Crippen molar-refractivity contribution in [3.8, 4) is 11.5 Å². The number of hydrogen-bond acceptors (Lipinski definition) is 10. The van der Waals surface area contributed by atoms with Crippen LogP contribution in [0.3, 0.4) is 0 Å². The molecule has 53 heavy (non-hydrogen) atoms. The fraction of sp³-hybridized carbons (Fsp3) is 0.375. The van der Waals surface area contributed by atoms with Gasteiger partial charge in [0, 0.05) is 41.3 Å². The predicted octanol–water partition coefficient (Wildman–Crippen LogP) is 6.55. The highest BCUT2D eigenvalue weighted by Crippen LogP contribution is 2.34. The number of nitrogens with zero attached hydrogens (tertiary/aromatic N) is 1. The number of anilines is 2. The summed E-state index contributed by atoms with van der Waals surface area (Å²) in [5.74, 6) is -0.0564. The van der Waals surface area contributed by atoms with Gasteiger partial charge in [0.15, 0.2) is 9.84 Å². The molecule has 5 rings (SSSR count). The second-order valence-electron chi connectivity index (χ2n) is 13.4. The van der Waals surface area contributed by atoms with E-state index < -0.39 is 21.8 Å². The number of sulfone groups is 1. The molecule has 0 bridgehead atoms. The standard InChI is InChI=1S/C40H49N5O7S/c1-26-21-29(23-32-37(26)43-24-33(40(41)49)38(32)44-27-13-12-14-28(22-27)52-2)53(50,51)20-11-9-7-5-3-4-6-8-10-19-42-25-35(47)30-15-17-34(46)39-31(30)16-18-36(48)45-39/h12-18,21-24,35,42,46-47H,3-11,19-20,25H2,1-2H3,(H2,41,49)(H,43,44)(H,45,48). The number of carbonyl (C=O) groups is 1. The van der Waals surface area contributed by atoms with E-state index in [9.17, 15) is 28.2 Å². The van der Waals surface area contributed by atoms with Crippen molar-refractivity contribution in [3.63, 3.8) is 0 Å². The fourth-order valence-corrected chi connectivity index (χ4v) is 8.06. The van der Waals surface area contributed by atoms with Crippen LogP contribution in [0.25, 0.3) is 21.8 Å². The number of H-pyrrole nitrogens is 1. The Morgan fingerprint density at radius 1 is 0.943 bits per heavy atom. The molecule has 0 spiro atoms. The second-order valence-corrected chi connectivity index (χ2v) is 15.5. The summed E-state index contributed by atoms with van der Waals surface area (Å²) < 4.78 is 32.3. The Hall–Kier alpha value is -4.98. The summed E-state index contributed by atoms with van der Waals surface area (Å²) in [5.41, 5.74) is 8.81. The highest BCUT2D eigenvalue weighted by molar-refractivity contribution is 7.91. The van der Waals surface area contributed by atoms with Crippen LogP contribution in [0.5, 0.6) is 11.5 Å². The molecule has 0 fully saturated rings. The molecule has 1 amide bonds. The SMILES string of the molecule is COc1cccc(Nc2c(C(N)=O)cnc3c(C)cc(S(=O)(=O)CCCCCCCCCCCNCC(O)c4ccc(O)c5[nH]c(=O)ccc45)cc23)c1. The summed E-state index contributed by atoms with van der Waals surface area (Å²) in [7, 11) is -2.03. The van der Waals surface area contributed by atoms with Gasteiger partial charge in [0.1, 0.15) is 11.5 Å². The van der Waals surface area contributed by atoms with Crippen molar-refractivity contribution in [2.24, 2.45) is 5.73 Å². The van der Waals surface area contributed by atoms with Crippen LogP contribution in [0.4, 0.5) is 11.4 Å². The predicted molar refractivity (Wildman–Crippen MR) is 209 cm³/mol. The van der Waals surface area contributed by atoms with Crippen molar-refractivity contribution in [1.82, 2.24) is 15.3 Å². The van der Waals surface area contributed by atoms with E-state index in [0.29, 0.717) is 63.0 Å². The number of carbonyl (C=O) groups excluding carboxylic acids is 1. The van der Waals surface area contributed by atoms with Crippen molar-refractivity contribution >= 4 is 48.9 Å². The Labute approximate surface area is 309 Å². The largest absolute Gasteiger partial charge is 0.506 e. The third kappa shape index (κ3) is 10.1. The number of nitrogens with two attached hydrogens (primary N) is 1. The van der Waals surface area contributed by atoms with Crippen molar-refractivity contribution in [2.45, 2.75) is 75.7 Å². The number of phenolic OH excluding ortho intramolecular Hbond substituents is 1. The normalized spacial score (nSPS) is 12.3. The first-order chi connectivity index (χ1) is 25.5. The summed E-state index contributed by atoms with van der Waals surface area (Å²) in [5, 5.41) is 28.4. The van der Waals surface area contributed by atoms with Crippen LogP contribution in [0.1, 0.15) is 85.4 Å². The van der Waals surface area contributed by atoms with Crippen LogP contribution in [0.2, 0.25) is 0 Å². The summed E-state index contributed by atoms with van der Waals surface area (Å²) in [6.45, 7) is 2.95. The monoisotopic (exact) mass is 743 g/mol. The molecule has 282 valence electrons. The maximum absolute atomic E-state index is 13.5. The van der Waals surface area contributed by atoms with Crippen LogP contribution < -0.4 is 26.7 Å². The van der Waals surface area contributed by atoms with Crippen LogP contribution in [0.15, 0.2) is 76.6 Å². The number of benzene rings is 3. The molecule has 0 aliphatic heterocycles. The number of primary amides is 1.